The number of benzene rings is 1. The van der Waals surface area contributed by atoms with Crippen molar-refractivity contribution in [3.8, 4) is 0 Å². The number of aryl methyl sites for hydroxylation is 1. The molecule has 0 spiro atoms. The predicted molar refractivity (Wildman–Crippen MR) is 102 cm³/mol. The maximum atomic E-state index is 13.2. The Morgan fingerprint density at radius 1 is 1.11 bits per heavy atom. The van der Waals surface area contributed by atoms with Gasteiger partial charge in [-0.3, -0.25) is 9.89 Å². The summed E-state index contributed by atoms with van der Waals surface area (Å²) in [5.74, 6) is 2.53. The summed E-state index contributed by atoms with van der Waals surface area (Å²) < 4.78 is 2.32. The molecule has 1 fully saturated rings. The van der Waals surface area contributed by atoms with Crippen LogP contribution in [0.15, 0.2) is 24.4 Å². The average molecular weight is 364 g/mol. The molecule has 0 bridgehead atoms. The highest BCUT2D eigenvalue weighted by molar-refractivity contribution is 6.05. The average Bonchev–Trinajstić information content (AvgIpc) is 3.28. The Hall–Kier alpha value is -2.70. The molecule has 27 heavy (non-hydrogen) atoms. The molecule has 0 aliphatic carbocycles. The Morgan fingerprint density at radius 2 is 2.07 bits per heavy atom. The van der Waals surface area contributed by atoms with E-state index in [9.17, 15) is 4.79 Å². The number of fused-ring (bicyclic) bond motifs is 2. The van der Waals surface area contributed by atoms with Crippen LogP contribution in [0.2, 0.25) is 0 Å². The number of aromatic amines is 1. The summed E-state index contributed by atoms with van der Waals surface area (Å²) in [6, 6.07) is 5.78. The van der Waals surface area contributed by atoms with Crippen LogP contribution in [-0.4, -0.2) is 48.9 Å². The van der Waals surface area contributed by atoms with Gasteiger partial charge in [-0.1, -0.05) is 18.6 Å². The number of piperidine rings is 1. The number of hydrogen-bond acceptors (Lipinski definition) is 4. The van der Waals surface area contributed by atoms with Crippen LogP contribution < -0.4 is 0 Å². The molecule has 4 heterocycles. The lowest BCUT2D eigenvalue weighted by Crippen LogP contribution is -2.40. The molecule has 5 rings (SSSR count). The number of H-pyrrole nitrogens is 1. The van der Waals surface area contributed by atoms with Crippen molar-refractivity contribution in [2.24, 2.45) is 0 Å². The van der Waals surface area contributed by atoms with Crippen molar-refractivity contribution >= 4 is 16.8 Å². The molecule has 0 saturated carbocycles. The molecule has 1 atom stereocenters. The number of aromatic nitrogens is 5. The van der Waals surface area contributed by atoms with E-state index in [4.69, 9.17) is 0 Å². The fraction of sp³-hybridized carbons (Fsp3) is 0.500. The highest BCUT2D eigenvalue weighted by Crippen LogP contribution is 2.29. The number of para-hydroxylation sites is 1. The molecule has 1 saturated heterocycles. The number of nitrogens with one attached hydrogen (secondary N) is 1. The second-order valence-electron chi connectivity index (χ2n) is 7.67. The van der Waals surface area contributed by atoms with Crippen LogP contribution in [0.25, 0.3) is 10.9 Å². The smallest absolute Gasteiger partial charge is 0.256 e. The third-order valence-electron chi connectivity index (χ3n) is 5.92. The molecule has 1 aromatic carbocycles. The summed E-state index contributed by atoms with van der Waals surface area (Å²) in [7, 11) is 0. The van der Waals surface area contributed by atoms with Gasteiger partial charge in [0.25, 0.3) is 5.91 Å². The SMILES string of the molecule is O=C(c1cccc2cn[nH]c12)N1CCCC(c2nnc3n2CCCCC3)C1. The van der Waals surface area contributed by atoms with Gasteiger partial charge in [0.2, 0.25) is 0 Å². The van der Waals surface area contributed by atoms with E-state index in [1.54, 1.807) is 6.20 Å². The van der Waals surface area contributed by atoms with Crippen molar-refractivity contribution in [1.82, 2.24) is 29.9 Å². The lowest BCUT2D eigenvalue weighted by Gasteiger charge is -2.32. The Morgan fingerprint density at radius 3 is 3.04 bits per heavy atom. The van der Waals surface area contributed by atoms with Gasteiger partial charge in [0, 0.05) is 37.4 Å². The Labute approximate surface area is 157 Å². The zero-order valence-corrected chi connectivity index (χ0v) is 15.4. The van der Waals surface area contributed by atoms with Gasteiger partial charge < -0.3 is 9.47 Å². The zero-order valence-electron chi connectivity index (χ0n) is 15.4. The van der Waals surface area contributed by atoms with E-state index in [1.807, 2.05) is 23.1 Å². The molecule has 0 radical (unpaired) electrons. The molecule has 3 aromatic rings. The quantitative estimate of drug-likeness (QED) is 0.758. The molecule has 1 N–H and O–H groups in total. The lowest BCUT2D eigenvalue weighted by molar-refractivity contribution is 0.0705. The number of carbonyl (C=O) groups is 1. The van der Waals surface area contributed by atoms with E-state index in [0.29, 0.717) is 12.1 Å². The van der Waals surface area contributed by atoms with Gasteiger partial charge in [0.15, 0.2) is 0 Å². The molecule has 7 heteroatoms. The third kappa shape index (κ3) is 2.91. The highest BCUT2D eigenvalue weighted by atomic mass is 16.2. The summed E-state index contributed by atoms with van der Waals surface area (Å²) in [6.07, 6.45) is 8.48. The van der Waals surface area contributed by atoms with Crippen LogP contribution in [0.1, 0.15) is 60.0 Å². The van der Waals surface area contributed by atoms with Gasteiger partial charge in [-0.05, 0) is 31.7 Å². The zero-order chi connectivity index (χ0) is 18.2. The normalized spacial score (nSPS) is 20.4. The third-order valence-corrected chi connectivity index (χ3v) is 5.92. The first kappa shape index (κ1) is 16.5. The standard InChI is InChI=1S/C20H24N6O/c27-20(16-8-4-6-14-12-21-23-18(14)16)25-10-5-7-15(13-25)19-24-22-17-9-2-1-3-11-26(17)19/h4,6,8,12,15H,1-3,5,7,9-11,13H2,(H,21,23). The monoisotopic (exact) mass is 364 g/mol. The van der Waals surface area contributed by atoms with Crippen LogP contribution in [0.3, 0.4) is 0 Å². The van der Waals surface area contributed by atoms with E-state index in [1.165, 1.54) is 19.3 Å². The fourth-order valence-corrected chi connectivity index (χ4v) is 4.50. The number of nitrogens with zero attached hydrogens (tertiary/aromatic N) is 5. The Bertz CT molecular complexity index is 974. The number of rotatable bonds is 2. The molecule has 2 aliphatic heterocycles. The molecular formula is C20H24N6O. The Balaban J connectivity index is 1.41. The summed E-state index contributed by atoms with van der Waals surface area (Å²) in [6.45, 7) is 2.51. The number of amides is 1. The number of carbonyl (C=O) groups excluding carboxylic acids is 1. The summed E-state index contributed by atoms with van der Waals surface area (Å²) in [5.41, 5.74) is 1.52. The van der Waals surface area contributed by atoms with Gasteiger partial charge in [-0.2, -0.15) is 5.10 Å². The first-order valence-corrected chi connectivity index (χ1v) is 9.94. The lowest BCUT2D eigenvalue weighted by atomic mass is 9.96. The van der Waals surface area contributed by atoms with Gasteiger partial charge in [-0.25, -0.2) is 0 Å². The fourth-order valence-electron chi connectivity index (χ4n) is 4.50. The summed E-state index contributed by atoms with van der Waals surface area (Å²) in [4.78, 5) is 15.2. The van der Waals surface area contributed by atoms with Crippen LogP contribution in [0.4, 0.5) is 0 Å². The number of likely N-dealkylation sites (tertiary alicyclic amines) is 1. The van der Waals surface area contributed by atoms with E-state index in [-0.39, 0.29) is 11.8 Å². The van der Waals surface area contributed by atoms with E-state index in [2.05, 4.69) is 25.0 Å². The Kier molecular flexibility index (Phi) is 4.14. The maximum absolute atomic E-state index is 13.2. The molecule has 2 aliphatic rings. The number of hydrogen-bond donors (Lipinski definition) is 1. The van der Waals surface area contributed by atoms with Crippen molar-refractivity contribution in [1.29, 1.82) is 0 Å². The van der Waals surface area contributed by atoms with Crippen LogP contribution in [0.5, 0.6) is 0 Å². The molecule has 1 unspecified atom stereocenters. The van der Waals surface area contributed by atoms with Crippen LogP contribution >= 0.6 is 0 Å². The van der Waals surface area contributed by atoms with Gasteiger partial charge >= 0.3 is 0 Å². The van der Waals surface area contributed by atoms with E-state index >= 15 is 0 Å². The summed E-state index contributed by atoms with van der Waals surface area (Å²) >= 11 is 0. The van der Waals surface area contributed by atoms with E-state index < -0.39 is 0 Å². The molecular weight excluding hydrogens is 340 g/mol. The van der Waals surface area contributed by atoms with Gasteiger partial charge in [0.05, 0.1) is 17.3 Å². The predicted octanol–water partition coefficient (Wildman–Crippen LogP) is 2.90. The minimum absolute atomic E-state index is 0.0742. The van der Waals surface area contributed by atoms with Crippen molar-refractivity contribution in [3.63, 3.8) is 0 Å². The topological polar surface area (TPSA) is 79.7 Å². The van der Waals surface area contributed by atoms with Crippen LogP contribution in [-0.2, 0) is 13.0 Å². The second-order valence-corrected chi connectivity index (χ2v) is 7.67. The maximum Gasteiger partial charge on any atom is 0.256 e. The molecule has 1 amide bonds. The van der Waals surface area contributed by atoms with Crippen LogP contribution in [0, 0.1) is 0 Å². The highest BCUT2D eigenvalue weighted by Gasteiger charge is 2.30. The first-order chi connectivity index (χ1) is 13.3. The van der Waals surface area contributed by atoms with Crippen molar-refractivity contribution in [2.45, 2.75) is 51.0 Å². The summed E-state index contributed by atoms with van der Waals surface area (Å²) in [5, 5.41) is 17.0. The van der Waals surface area contributed by atoms with Crippen molar-refractivity contribution < 1.29 is 4.79 Å². The minimum Gasteiger partial charge on any atom is -0.338 e. The minimum atomic E-state index is 0.0742. The molecule has 7 nitrogen and oxygen atoms in total. The van der Waals surface area contributed by atoms with E-state index in [0.717, 1.165) is 54.9 Å². The van der Waals surface area contributed by atoms with Gasteiger partial charge in [0.1, 0.15) is 11.6 Å². The van der Waals surface area contributed by atoms with Crippen molar-refractivity contribution in [2.75, 3.05) is 13.1 Å². The second kappa shape index (κ2) is 6.79. The van der Waals surface area contributed by atoms with Gasteiger partial charge in [-0.15, -0.1) is 10.2 Å². The van der Waals surface area contributed by atoms with Crippen molar-refractivity contribution in [3.05, 3.63) is 41.6 Å². The molecule has 2 aromatic heterocycles. The molecule has 140 valence electrons. The first-order valence-electron chi connectivity index (χ1n) is 9.94. The largest absolute Gasteiger partial charge is 0.338 e.